The van der Waals surface area contributed by atoms with Gasteiger partial charge in [-0.1, -0.05) is 0 Å². The fourth-order valence-electron chi connectivity index (χ4n) is 1.92. The molecule has 1 aromatic carbocycles. The minimum absolute atomic E-state index is 0.0819. The normalized spacial score (nSPS) is 18.4. The second kappa shape index (κ2) is 7.42. The van der Waals surface area contributed by atoms with Gasteiger partial charge in [0.25, 0.3) is 0 Å². The van der Waals surface area contributed by atoms with E-state index in [-0.39, 0.29) is 24.0 Å². The van der Waals surface area contributed by atoms with Gasteiger partial charge in [-0.15, -0.1) is 11.8 Å². The van der Waals surface area contributed by atoms with Gasteiger partial charge in [0.2, 0.25) is 5.91 Å². The molecule has 0 N–H and O–H groups in total. The standard InChI is InChI=1S/C14H16FNO4S/c1-19-14(18)12-8-16(6-7-20-12)13(17)9-21-11-4-2-10(15)3-5-11/h2-5,12H,6-9H2,1H3. The van der Waals surface area contributed by atoms with E-state index in [9.17, 15) is 14.0 Å². The molecule has 1 aromatic rings. The Morgan fingerprint density at radius 2 is 2.14 bits per heavy atom. The largest absolute Gasteiger partial charge is 0.467 e. The van der Waals surface area contributed by atoms with Crippen LogP contribution in [0.15, 0.2) is 29.2 Å². The third-order valence-corrected chi connectivity index (χ3v) is 4.06. The number of amides is 1. The monoisotopic (exact) mass is 313 g/mol. The van der Waals surface area contributed by atoms with Crippen molar-refractivity contribution in [3.63, 3.8) is 0 Å². The predicted octanol–water partition coefficient (Wildman–Crippen LogP) is 1.32. The quantitative estimate of drug-likeness (QED) is 0.620. The Balaban J connectivity index is 1.85. The van der Waals surface area contributed by atoms with Crippen molar-refractivity contribution < 1.29 is 23.5 Å². The third kappa shape index (κ3) is 4.44. The Hall–Kier alpha value is -1.60. The lowest BCUT2D eigenvalue weighted by Crippen LogP contribution is -2.49. The molecular formula is C14H16FNO4S. The van der Waals surface area contributed by atoms with Gasteiger partial charge in [-0.25, -0.2) is 9.18 Å². The van der Waals surface area contributed by atoms with Crippen molar-refractivity contribution >= 4 is 23.6 Å². The van der Waals surface area contributed by atoms with Crippen LogP contribution < -0.4 is 0 Å². The summed E-state index contributed by atoms with van der Waals surface area (Å²) in [7, 11) is 1.29. The summed E-state index contributed by atoms with van der Waals surface area (Å²) in [4.78, 5) is 25.9. The average molecular weight is 313 g/mol. The van der Waals surface area contributed by atoms with Crippen molar-refractivity contribution in [1.82, 2.24) is 4.90 Å². The van der Waals surface area contributed by atoms with E-state index in [2.05, 4.69) is 4.74 Å². The van der Waals surface area contributed by atoms with Gasteiger partial charge >= 0.3 is 5.97 Å². The molecule has 1 unspecified atom stereocenters. The second-order valence-corrected chi connectivity index (χ2v) is 5.51. The minimum Gasteiger partial charge on any atom is -0.467 e. The molecule has 0 radical (unpaired) electrons. The highest BCUT2D eigenvalue weighted by Gasteiger charge is 2.29. The Bertz CT molecular complexity index is 508. The molecule has 0 saturated carbocycles. The molecule has 5 nitrogen and oxygen atoms in total. The number of carbonyl (C=O) groups excluding carboxylic acids is 2. The first-order valence-electron chi connectivity index (χ1n) is 6.45. The molecule has 0 aromatic heterocycles. The Kier molecular flexibility index (Phi) is 5.58. The third-order valence-electron chi connectivity index (χ3n) is 3.06. The first kappa shape index (κ1) is 15.8. The molecule has 0 bridgehead atoms. The van der Waals surface area contributed by atoms with Crippen molar-refractivity contribution in [3.8, 4) is 0 Å². The number of carbonyl (C=O) groups is 2. The first-order chi connectivity index (χ1) is 10.1. The van der Waals surface area contributed by atoms with Gasteiger partial charge < -0.3 is 14.4 Å². The number of hydrogen-bond donors (Lipinski definition) is 0. The van der Waals surface area contributed by atoms with Gasteiger partial charge in [0, 0.05) is 11.4 Å². The molecule has 1 atom stereocenters. The van der Waals surface area contributed by atoms with Gasteiger partial charge in [-0.3, -0.25) is 4.79 Å². The highest BCUT2D eigenvalue weighted by molar-refractivity contribution is 8.00. The Morgan fingerprint density at radius 3 is 2.81 bits per heavy atom. The van der Waals surface area contributed by atoms with E-state index in [0.29, 0.717) is 13.2 Å². The molecule has 0 spiro atoms. The van der Waals surface area contributed by atoms with E-state index in [1.807, 2.05) is 0 Å². The molecule has 1 fully saturated rings. The number of methoxy groups -OCH3 is 1. The molecule has 114 valence electrons. The van der Waals surface area contributed by atoms with Crippen LogP contribution >= 0.6 is 11.8 Å². The average Bonchev–Trinajstić information content (AvgIpc) is 2.53. The molecule has 7 heteroatoms. The lowest BCUT2D eigenvalue weighted by atomic mass is 10.2. The van der Waals surface area contributed by atoms with Crippen LogP contribution in [0.2, 0.25) is 0 Å². The number of halogens is 1. The number of hydrogen-bond acceptors (Lipinski definition) is 5. The van der Waals surface area contributed by atoms with Crippen molar-refractivity contribution in [3.05, 3.63) is 30.1 Å². The van der Waals surface area contributed by atoms with Gasteiger partial charge in [-0.05, 0) is 24.3 Å². The number of ether oxygens (including phenoxy) is 2. The van der Waals surface area contributed by atoms with E-state index in [1.54, 1.807) is 17.0 Å². The molecule has 1 aliphatic rings. The maximum absolute atomic E-state index is 12.8. The summed E-state index contributed by atoms with van der Waals surface area (Å²) in [6.45, 7) is 0.971. The van der Waals surface area contributed by atoms with Crippen molar-refractivity contribution in [2.75, 3.05) is 32.6 Å². The summed E-state index contributed by atoms with van der Waals surface area (Å²) in [5.41, 5.74) is 0. The summed E-state index contributed by atoms with van der Waals surface area (Å²) in [6.07, 6.45) is -0.719. The predicted molar refractivity (Wildman–Crippen MR) is 75.5 cm³/mol. The fourth-order valence-corrected chi connectivity index (χ4v) is 2.72. The number of nitrogens with zero attached hydrogens (tertiary/aromatic N) is 1. The SMILES string of the molecule is COC(=O)C1CN(C(=O)CSc2ccc(F)cc2)CCO1. The molecule has 1 heterocycles. The molecule has 1 amide bonds. The maximum atomic E-state index is 12.8. The van der Waals surface area contributed by atoms with Crippen LogP contribution in [0.3, 0.4) is 0 Å². The Morgan fingerprint density at radius 1 is 1.43 bits per heavy atom. The fraction of sp³-hybridized carbons (Fsp3) is 0.429. The van der Waals surface area contributed by atoms with E-state index in [1.165, 1.54) is 31.0 Å². The summed E-state index contributed by atoms with van der Waals surface area (Å²) in [5, 5.41) is 0. The number of morpholine rings is 1. The molecule has 2 rings (SSSR count). The van der Waals surface area contributed by atoms with Crippen molar-refractivity contribution in [1.29, 1.82) is 0 Å². The second-order valence-electron chi connectivity index (χ2n) is 4.46. The van der Waals surface area contributed by atoms with Gasteiger partial charge in [0.1, 0.15) is 5.82 Å². The lowest BCUT2D eigenvalue weighted by molar-refractivity contribution is -0.161. The topological polar surface area (TPSA) is 55.8 Å². The number of benzene rings is 1. The van der Waals surface area contributed by atoms with Crippen LogP contribution in [0.4, 0.5) is 4.39 Å². The van der Waals surface area contributed by atoms with E-state index in [4.69, 9.17) is 4.74 Å². The van der Waals surface area contributed by atoms with Crippen molar-refractivity contribution in [2.45, 2.75) is 11.0 Å². The van der Waals surface area contributed by atoms with E-state index >= 15 is 0 Å². The smallest absolute Gasteiger partial charge is 0.336 e. The van der Waals surface area contributed by atoms with Gasteiger partial charge in [-0.2, -0.15) is 0 Å². The van der Waals surface area contributed by atoms with Crippen LogP contribution in [0.1, 0.15) is 0 Å². The number of thioether (sulfide) groups is 1. The first-order valence-corrected chi connectivity index (χ1v) is 7.44. The highest BCUT2D eigenvalue weighted by atomic mass is 32.2. The molecule has 21 heavy (non-hydrogen) atoms. The minimum atomic E-state index is -0.719. The number of rotatable bonds is 4. The molecular weight excluding hydrogens is 297 g/mol. The number of esters is 1. The van der Waals surface area contributed by atoms with Crippen LogP contribution in [0.25, 0.3) is 0 Å². The van der Waals surface area contributed by atoms with Crippen LogP contribution in [-0.4, -0.2) is 55.4 Å². The van der Waals surface area contributed by atoms with Crippen LogP contribution in [0, 0.1) is 5.82 Å². The molecule has 1 saturated heterocycles. The summed E-state index contributed by atoms with van der Waals surface area (Å²) in [5.74, 6) is -0.625. The molecule has 1 aliphatic heterocycles. The van der Waals surface area contributed by atoms with Gasteiger partial charge in [0.15, 0.2) is 6.10 Å². The van der Waals surface area contributed by atoms with Crippen LogP contribution in [-0.2, 0) is 19.1 Å². The van der Waals surface area contributed by atoms with Gasteiger partial charge in [0.05, 0.1) is 26.0 Å². The van der Waals surface area contributed by atoms with E-state index in [0.717, 1.165) is 4.90 Å². The zero-order chi connectivity index (χ0) is 15.2. The zero-order valence-electron chi connectivity index (χ0n) is 11.6. The molecule has 0 aliphatic carbocycles. The van der Waals surface area contributed by atoms with Crippen molar-refractivity contribution in [2.24, 2.45) is 0 Å². The maximum Gasteiger partial charge on any atom is 0.336 e. The summed E-state index contributed by atoms with van der Waals surface area (Å²) < 4.78 is 22.7. The Labute approximate surface area is 126 Å². The summed E-state index contributed by atoms with van der Waals surface area (Å²) >= 11 is 1.33. The van der Waals surface area contributed by atoms with E-state index < -0.39 is 12.1 Å². The lowest BCUT2D eigenvalue weighted by Gasteiger charge is -2.31. The highest BCUT2D eigenvalue weighted by Crippen LogP contribution is 2.19. The van der Waals surface area contributed by atoms with Crippen LogP contribution in [0.5, 0.6) is 0 Å². The summed E-state index contributed by atoms with van der Waals surface area (Å²) in [6, 6.07) is 5.97. The zero-order valence-corrected chi connectivity index (χ0v) is 12.4.